The van der Waals surface area contributed by atoms with Crippen molar-refractivity contribution < 1.29 is 4.42 Å². The van der Waals surface area contributed by atoms with E-state index in [9.17, 15) is 0 Å². The van der Waals surface area contributed by atoms with Gasteiger partial charge in [0.1, 0.15) is 11.3 Å². The largest absolute Gasteiger partial charge is 0.458 e. The molecule has 0 fully saturated rings. The van der Waals surface area contributed by atoms with Crippen LogP contribution in [0.2, 0.25) is 0 Å². The second-order valence-electron chi connectivity index (χ2n) is 2.43. The summed E-state index contributed by atoms with van der Waals surface area (Å²) in [6, 6.07) is 0. The lowest BCUT2D eigenvalue weighted by molar-refractivity contribution is 0.574. The van der Waals surface area contributed by atoms with E-state index in [0.29, 0.717) is 0 Å². The van der Waals surface area contributed by atoms with Gasteiger partial charge in [0.25, 0.3) is 0 Å². The Morgan fingerprint density at radius 2 is 2.27 bits per heavy atom. The summed E-state index contributed by atoms with van der Waals surface area (Å²) in [6.07, 6.45) is 1.73. The van der Waals surface area contributed by atoms with Crippen molar-refractivity contribution in [3.63, 3.8) is 0 Å². The molecule has 2 rings (SSSR count). The Hall–Kier alpha value is -0.950. The van der Waals surface area contributed by atoms with E-state index < -0.39 is 0 Å². The van der Waals surface area contributed by atoms with Gasteiger partial charge in [-0.25, -0.2) is 9.49 Å². The number of hydrogen-bond acceptors (Lipinski definition) is 3. The van der Waals surface area contributed by atoms with E-state index in [1.165, 1.54) is 0 Å². The van der Waals surface area contributed by atoms with Crippen LogP contribution in [0.15, 0.2) is 10.6 Å². The maximum Gasteiger partial charge on any atom is 0.171 e. The standard InChI is InChI=1S/C7H7N2OP/c1-4-5(2)10-6-3-8-11-9-7(4)6/h3H,1-2H3. The molecule has 0 N–H and O–H groups in total. The van der Waals surface area contributed by atoms with Gasteiger partial charge >= 0.3 is 0 Å². The molecule has 0 atom stereocenters. The topological polar surface area (TPSA) is 38.9 Å². The third-order valence-electron chi connectivity index (χ3n) is 1.75. The second kappa shape index (κ2) is 2.28. The molecule has 4 heteroatoms. The molecule has 0 amide bonds. The number of furan rings is 1. The molecule has 56 valence electrons. The average molecular weight is 166 g/mol. The summed E-state index contributed by atoms with van der Waals surface area (Å²) in [4.78, 5) is 0. The number of rotatable bonds is 0. The molecule has 2 aromatic heterocycles. The second-order valence-corrected chi connectivity index (χ2v) is 3.04. The fourth-order valence-corrected chi connectivity index (χ4v) is 1.55. The first-order chi connectivity index (χ1) is 5.29. The van der Waals surface area contributed by atoms with Crippen LogP contribution in [0.25, 0.3) is 11.1 Å². The molecule has 0 bridgehead atoms. The number of hydrogen-bond donors (Lipinski definition) is 0. The summed E-state index contributed by atoms with van der Waals surface area (Å²) in [5, 5.41) is 0. The van der Waals surface area contributed by atoms with Gasteiger partial charge in [-0.3, -0.25) is 0 Å². The van der Waals surface area contributed by atoms with Gasteiger partial charge in [-0.1, -0.05) is 0 Å². The lowest BCUT2D eigenvalue weighted by atomic mass is 10.3. The van der Waals surface area contributed by atoms with Crippen LogP contribution >= 0.6 is 8.51 Å². The first-order valence-electron chi connectivity index (χ1n) is 3.33. The molecule has 2 heterocycles. The summed E-state index contributed by atoms with van der Waals surface area (Å²) in [6.45, 7) is 3.95. The van der Waals surface area contributed by atoms with Gasteiger partial charge in [0.2, 0.25) is 0 Å². The van der Waals surface area contributed by atoms with Crippen LogP contribution in [0, 0.1) is 13.8 Å². The minimum absolute atomic E-state index is 0.756. The molecule has 0 saturated heterocycles. The van der Waals surface area contributed by atoms with Crippen molar-refractivity contribution in [2.75, 3.05) is 0 Å². The first-order valence-corrected chi connectivity index (χ1v) is 4.13. The van der Waals surface area contributed by atoms with Gasteiger partial charge in [-0.15, -0.1) is 0 Å². The molecular formula is C7H7N2OP. The van der Waals surface area contributed by atoms with Crippen molar-refractivity contribution in [3.05, 3.63) is 17.5 Å². The van der Waals surface area contributed by atoms with Gasteiger partial charge in [0.05, 0.1) is 6.20 Å². The molecule has 0 aromatic carbocycles. The molecule has 0 radical (unpaired) electrons. The van der Waals surface area contributed by atoms with Crippen molar-refractivity contribution in [2.24, 2.45) is 0 Å². The van der Waals surface area contributed by atoms with Crippen molar-refractivity contribution >= 4 is 19.6 Å². The Bertz CT molecular complexity index is 396. The monoisotopic (exact) mass is 166 g/mol. The van der Waals surface area contributed by atoms with Crippen LogP contribution in [-0.4, -0.2) is 9.49 Å². The summed E-state index contributed by atoms with van der Waals surface area (Å²) >= 11 is 0. The Balaban J connectivity index is 2.92. The Labute approximate surface area is 65.7 Å². The zero-order valence-electron chi connectivity index (χ0n) is 6.33. The van der Waals surface area contributed by atoms with Crippen LogP contribution in [0.5, 0.6) is 0 Å². The fourth-order valence-electron chi connectivity index (χ4n) is 1.00. The SMILES string of the molecule is Cc1oc2cnpnc2c1C. The maximum atomic E-state index is 5.39. The van der Waals surface area contributed by atoms with E-state index in [4.69, 9.17) is 4.42 Å². The van der Waals surface area contributed by atoms with E-state index in [-0.39, 0.29) is 0 Å². The van der Waals surface area contributed by atoms with Crippen LogP contribution < -0.4 is 0 Å². The van der Waals surface area contributed by atoms with Crippen molar-refractivity contribution in [2.45, 2.75) is 13.8 Å². The Morgan fingerprint density at radius 3 is 3.00 bits per heavy atom. The predicted octanol–water partition coefficient (Wildman–Crippen LogP) is 2.42. The minimum Gasteiger partial charge on any atom is -0.458 e. The lowest BCUT2D eigenvalue weighted by Gasteiger charge is -1.83. The highest BCUT2D eigenvalue weighted by atomic mass is 31.1. The molecule has 0 aliphatic rings. The lowest BCUT2D eigenvalue weighted by Crippen LogP contribution is -1.72. The summed E-state index contributed by atoms with van der Waals surface area (Å²) in [5.41, 5.74) is 2.87. The van der Waals surface area contributed by atoms with Gasteiger partial charge in [-0.05, 0) is 13.8 Å². The molecule has 11 heavy (non-hydrogen) atoms. The zero-order valence-corrected chi connectivity index (χ0v) is 7.22. The van der Waals surface area contributed by atoms with Crippen LogP contribution in [-0.2, 0) is 0 Å². The third-order valence-corrected chi connectivity index (χ3v) is 2.26. The van der Waals surface area contributed by atoms with Crippen LogP contribution in [0.1, 0.15) is 11.3 Å². The van der Waals surface area contributed by atoms with Gasteiger partial charge in [0.15, 0.2) is 14.1 Å². The number of fused-ring (bicyclic) bond motifs is 1. The summed E-state index contributed by atoms with van der Waals surface area (Å²) in [7, 11) is 0.756. The van der Waals surface area contributed by atoms with Crippen LogP contribution in [0.3, 0.4) is 0 Å². The van der Waals surface area contributed by atoms with E-state index in [1.54, 1.807) is 6.20 Å². The van der Waals surface area contributed by atoms with E-state index in [1.807, 2.05) is 13.8 Å². The number of nitrogens with zero attached hydrogens (tertiary/aromatic N) is 2. The molecule has 3 nitrogen and oxygen atoms in total. The summed E-state index contributed by atoms with van der Waals surface area (Å²) < 4.78 is 13.5. The first kappa shape index (κ1) is 6.74. The molecule has 0 unspecified atom stereocenters. The average Bonchev–Trinajstić information content (AvgIpc) is 2.30. The molecule has 0 spiro atoms. The minimum atomic E-state index is 0.756. The molecule has 2 aromatic rings. The van der Waals surface area contributed by atoms with E-state index in [0.717, 1.165) is 30.9 Å². The Kier molecular flexibility index (Phi) is 1.40. The van der Waals surface area contributed by atoms with Crippen LogP contribution in [0.4, 0.5) is 0 Å². The molecular weight excluding hydrogens is 159 g/mol. The normalized spacial score (nSPS) is 11.5. The smallest absolute Gasteiger partial charge is 0.171 e. The highest BCUT2D eigenvalue weighted by Gasteiger charge is 2.06. The third kappa shape index (κ3) is 0.925. The van der Waals surface area contributed by atoms with Gasteiger partial charge in [-0.2, -0.15) is 0 Å². The maximum absolute atomic E-state index is 5.39. The van der Waals surface area contributed by atoms with E-state index in [2.05, 4.69) is 9.49 Å². The van der Waals surface area contributed by atoms with Crippen molar-refractivity contribution in [1.29, 1.82) is 0 Å². The summed E-state index contributed by atoms with van der Waals surface area (Å²) in [5.74, 6) is 0.933. The number of aryl methyl sites for hydroxylation is 2. The van der Waals surface area contributed by atoms with Crippen molar-refractivity contribution in [3.8, 4) is 0 Å². The van der Waals surface area contributed by atoms with Gasteiger partial charge in [0, 0.05) is 5.56 Å². The molecule has 0 aliphatic carbocycles. The Morgan fingerprint density at radius 1 is 1.45 bits per heavy atom. The molecule has 0 aliphatic heterocycles. The quantitative estimate of drug-likeness (QED) is 0.603. The molecule has 0 saturated carbocycles. The van der Waals surface area contributed by atoms with Gasteiger partial charge < -0.3 is 4.42 Å². The fraction of sp³-hybridized carbons (Fsp3) is 0.286. The number of aromatic nitrogens is 2. The predicted molar refractivity (Wildman–Crippen MR) is 43.8 cm³/mol. The zero-order chi connectivity index (χ0) is 7.84. The highest BCUT2D eigenvalue weighted by molar-refractivity contribution is 7.20. The van der Waals surface area contributed by atoms with Crippen molar-refractivity contribution in [1.82, 2.24) is 9.49 Å². The highest BCUT2D eigenvalue weighted by Crippen LogP contribution is 2.22. The van der Waals surface area contributed by atoms with E-state index >= 15 is 0 Å².